The lowest BCUT2D eigenvalue weighted by molar-refractivity contribution is -0.384. The summed E-state index contributed by atoms with van der Waals surface area (Å²) in [6.07, 6.45) is 1.54. The van der Waals surface area contributed by atoms with E-state index in [-0.39, 0.29) is 36.1 Å². The lowest BCUT2D eigenvalue weighted by Crippen LogP contribution is -2.40. The Morgan fingerprint density at radius 3 is 2.53 bits per heavy atom. The number of benzene rings is 3. The highest BCUT2D eigenvalue weighted by molar-refractivity contribution is 9.10. The first kappa shape index (κ1) is 33.6. The topological polar surface area (TPSA) is 131 Å². The second-order valence-corrected chi connectivity index (χ2v) is 12.7. The maximum atomic E-state index is 14.3. The molecule has 3 aromatic carbocycles. The molecule has 0 N–H and O–H groups in total. The number of esters is 1. The van der Waals surface area contributed by atoms with Crippen molar-refractivity contribution in [2.75, 3.05) is 13.7 Å². The molecule has 47 heavy (non-hydrogen) atoms. The number of methoxy groups -OCH3 is 1. The van der Waals surface area contributed by atoms with Gasteiger partial charge in [-0.3, -0.25) is 19.5 Å². The van der Waals surface area contributed by atoms with Crippen molar-refractivity contribution in [3.8, 4) is 17.2 Å². The van der Waals surface area contributed by atoms with Gasteiger partial charge in [0, 0.05) is 27.7 Å². The molecule has 2 heterocycles. The van der Waals surface area contributed by atoms with Crippen LogP contribution in [0.25, 0.3) is 6.08 Å². The third kappa shape index (κ3) is 7.15. The van der Waals surface area contributed by atoms with Crippen molar-refractivity contribution in [3.63, 3.8) is 0 Å². The fourth-order valence-corrected chi connectivity index (χ4v) is 6.66. The summed E-state index contributed by atoms with van der Waals surface area (Å²) in [7, 11) is 1.51. The van der Waals surface area contributed by atoms with Crippen LogP contribution in [0.15, 0.2) is 86.2 Å². The number of hydrogen-bond donors (Lipinski definition) is 0. The molecule has 0 radical (unpaired) electrons. The van der Waals surface area contributed by atoms with Crippen molar-refractivity contribution in [1.82, 2.24) is 4.57 Å². The Morgan fingerprint density at radius 1 is 1.15 bits per heavy atom. The van der Waals surface area contributed by atoms with E-state index >= 15 is 0 Å². The Labute approximate surface area is 282 Å². The van der Waals surface area contributed by atoms with Crippen LogP contribution in [0.3, 0.4) is 0 Å². The molecule has 0 fully saturated rings. The number of carbonyl (C=O) groups excluding carboxylic acids is 1. The fraction of sp³-hybridized carbons (Fsp3) is 0.265. The lowest BCUT2D eigenvalue weighted by Gasteiger charge is -2.26. The standard InChI is InChI=1S/C34H32BrN3O8S/c1-6-44-33(40)29-20(4)36-34-37(30(29)25-9-7-8-10-26(25)46-19(2)3)32(39)28(47-34)16-22-15-23(35)17-27(43-5)31(22)45-18-21-11-13-24(14-12-21)38(41)42/h7-17,19,30H,6,18H2,1-5H3/b28-16-/t30-/m1/s1. The largest absolute Gasteiger partial charge is 0.493 e. The SMILES string of the molecule is CCOC(=O)C1=C(C)N=c2s/c(=C\c3cc(Br)cc(OC)c3OCc3ccc([N+](=O)[O-])cc3)c(=O)n2[C@@H]1c1ccccc1OC(C)C. The number of non-ortho nitro benzene ring substituents is 1. The molecule has 244 valence electrons. The van der Waals surface area contributed by atoms with Gasteiger partial charge < -0.3 is 18.9 Å². The van der Waals surface area contributed by atoms with E-state index in [1.807, 2.05) is 38.1 Å². The minimum Gasteiger partial charge on any atom is -0.493 e. The first-order valence-corrected chi connectivity index (χ1v) is 16.3. The van der Waals surface area contributed by atoms with Gasteiger partial charge in [-0.05, 0) is 69.7 Å². The summed E-state index contributed by atoms with van der Waals surface area (Å²) in [5, 5.41) is 11.1. The number of halogens is 1. The molecular formula is C34H32BrN3O8S. The third-order valence-electron chi connectivity index (χ3n) is 7.18. The van der Waals surface area contributed by atoms with Gasteiger partial charge in [0.2, 0.25) is 0 Å². The van der Waals surface area contributed by atoms with E-state index in [4.69, 9.17) is 18.9 Å². The first-order valence-electron chi connectivity index (χ1n) is 14.7. The fourth-order valence-electron chi connectivity index (χ4n) is 5.17. The minimum absolute atomic E-state index is 0.0240. The number of nitro groups is 1. The number of rotatable bonds is 11. The van der Waals surface area contributed by atoms with Gasteiger partial charge in [0.15, 0.2) is 16.3 Å². The van der Waals surface area contributed by atoms with Gasteiger partial charge in [-0.2, -0.15) is 0 Å². The molecule has 1 aliphatic rings. The summed E-state index contributed by atoms with van der Waals surface area (Å²) >= 11 is 4.70. The number of allylic oxidation sites excluding steroid dienone is 1. The van der Waals surface area contributed by atoms with E-state index in [0.717, 1.165) is 0 Å². The van der Waals surface area contributed by atoms with Crippen molar-refractivity contribution >= 4 is 45.0 Å². The van der Waals surface area contributed by atoms with Crippen LogP contribution in [-0.2, 0) is 16.1 Å². The molecule has 0 saturated carbocycles. The van der Waals surface area contributed by atoms with E-state index in [1.165, 1.54) is 35.1 Å². The zero-order valence-electron chi connectivity index (χ0n) is 26.3. The molecule has 1 aliphatic heterocycles. The molecule has 0 amide bonds. The lowest BCUT2D eigenvalue weighted by atomic mass is 9.95. The molecule has 1 aromatic heterocycles. The van der Waals surface area contributed by atoms with Gasteiger partial charge in [0.1, 0.15) is 18.4 Å². The number of aromatic nitrogens is 1. The third-order valence-corrected chi connectivity index (χ3v) is 8.62. The molecule has 0 aliphatic carbocycles. The predicted molar refractivity (Wildman–Crippen MR) is 181 cm³/mol. The van der Waals surface area contributed by atoms with E-state index in [2.05, 4.69) is 20.9 Å². The van der Waals surface area contributed by atoms with E-state index < -0.39 is 16.9 Å². The van der Waals surface area contributed by atoms with Gasteiger partial charge in [0.05, 0.1) is 40.5 Å². The number of fused-ring (bicyclic) bond motifs is 1. The highest BCUT2D eigenvalue weighted by Gasteiger charge is 2.35. The van der Waals surface area contributed by atoms with Gasteiger partial charge >= 0.3 is 5.97 Å². The molecule has 4 aromatic rings. The van der Waals surface area contributed by atoms with Crippen molar-refractivity contribution in [1.29, 1.82) is 0 Å². The van der Waals surface area contributed by atoms with E-state index in [1.54, 1.807) is 44.2 Å². The second kappa shape index (κ2) is 14.3. The number of thiazole rings is 1. The molecule has 11 nitrogen and oxygen atoms in total. The number of nitro benzene ring substituents is 1. The Kier molecular flexibility index (Phi) is 10.3. The van der Waals surface area contributed by atoms with Crippen LogP contribution < -0.4 is 29.1 Å². The first-order chi connectivity index (χ1) is 22.5. The van der Waals surface area contributed by atoms with Crippen molar-refractivity contribution in [3.05, 3.63) is 123 Å². The van der Waals surface area contributed by atoms with E-state index in [0.29, 0.717) is 53.4 Å². The van der Waals surface area contributed by atoms with Crippen molar-refractivity contribution in [2.24, 2.45) is 4.99 Å². The van der Waals surface area contributed by atoms with E-state index in [9.17, 15) is 19.7 Å². The van der Waals surface area contributed by atoms with Crippen molar-refractivity contribution < 1.29 is 28.7 Å². The van der Waals surface area contributed by atoms with Gasteiger partial charge in [0.25, 0.3) is 11.2 Å². The zero-order chi connectivity index (χ0) is 33.8. The van der Waals surface area contributed by atoms with Crippen LogP contribution in [0.1, 0.15) is 50.4 Å². The van der Waals surface area contributed by atoms with Gasteiger partial charge in [-0.1, -0.05) is 45.5 Å². The number of para-hydroxylation sites is 1. The Bertz CT molecular complexity index is 2050. The summed E-state index contributed by atoms with van der Waals surface area (Å²) in [5.41, 5.74) is 2.18. The summed E-state index contributed by atoms with van der Waals surface area (Å²) in [4.78, 5) is 43.4. The molecule has 0 unspecified atom stereocenters. The monoisotopic (exact) mass is 721 g/mol. The highest BCUT2D eigenvalue weighted by atomic mass is 79.9. The summed E-state index contributed by atoms with van der Waals surface area (Å²) < 4.78 is 25.9. The maximum Gasteiger partial charge on any atom is 0.338 e. The normalized spacial score (nSPS) is 14.4. The average molecular weight is 723 g/mol. The van der Waals surface area contributed by atoms with Crippen molar-refractivity contribution in [2.45, 2.75) is 46.4 Å². The summed E-state index contributed by atoms with van der Waals surface area (Å²) in [5.74, 6) is 0.761. The number of nitrogens with zero attached hydrogens (tertiary/aromatic N) is 3. The number of hydrogen-bond acceptors (Lipinski definition) is 10. The Balaban J connectivity index is 1.66. The Hall–Kier alpha value is -4.75. The molecule has 0 bridgehead atoms. The van der Waals surface area contributed by atoms with Crippen LogP contribution in [0.5, 0.6) is 17.2 Å². The molecule has 13 heteroatoms. The van der Waals surface area contributed by atoms with Crippen LogP contribution in [0, 0.1) is 10.1 Å². The molecule has 0 saturated heterocycles. The van der Waals surface area contributed by atoms with Gasteiger partial charge in [-0.25, -0.2) is 9.79 Å². The van der Waals surface area contributed by atoms with Gasteiger partial charge in [-0.15, -0.1) is 0 Å². The highest BCUT2D eigenvalue weighted by Crippen LogP contribution is 2.38. The average Bonchev–Trinajstić information content (AvgIpc) is 3.33. The quantitative estimate of drug-likeness (QED) is 0.107. The number of ether oxygens (including phenoxy) is 4. The maximum absolute atomic E-state index is 14.3. The van der Waals surface area contributed by atoms with Crippen LogP contribution in [0.2, 0.25) is 0 Å². The summed E-state index contributed by atoms with van der Waals surface area (Å²) in [6.45, 7) is 7.51. The van der Waals surface area contributed by atoms with Crippen LogP contribution in [0.4, 0.5) is 5.69 Å². The smallest absolute Gasteiger partial charge is 0.338 e. The predicted octanol–water partition coefficient (Wildman–Crippen LogP) is 5.84. The minimum atomic E-state index is -0.850. The molecule has 1 atom stereocenters. The molecular weight excluding hydrogens is 690 g/mol. The summed E-state index contributed by atoms with van der Waals surface area (Å²) in [6, 6.07) is 16.1. The molecule has 0 spiro atoms. The van der Waals surface area contributed by atoms with Crippen LogP contribution in [-0.4, -0.2) is 35.3 Å². The second-order valence-electron chi connectivity index (χ2n) is 10.7. The number of carbonyl (C=O) groups is 1. The Morgan fingerprint density at radius 2 is 1.87 bits per heavy atom. The zero-order valence-corrected chi connectivity index (χ0v) is 28.7. The molecule has 5 rings (SSSR count). The van der Waals surface area contributed by atoms with Crippen LogP contribution >= 0.6 is 27.3 Å².